The van der Waals surface area contributed by atoms with E-state index in [1.165, 1.54) is 35.7 Å². The summed E-state index contributed by atoms with van der Waals surface area (Å²) >= 11 is 0. The third kappa shape index (κ3) is 3.65. The standard InChI is InChI=1S/C26H29N5O/c1-16(2)24-22-10-18(17-6-8-27-9-7-17)4-5-23(22)30-25(24)19-11-21(26(32)31(3)14-19)20-12-28-15-29-13-20/h4-5,10-17,27,30H,6-9H2,1-3H3. The molecule has 0 aliphatic carbocycles. The third-order valence-electron chi connectivity index (χ3n) is 6.59. The Hall–Kier alpha value is -3.25. The van der Waals surface area contributed by atoms with Crippen LogP contribution in [0.25, 0.3) is 33.3 Å². The van der Waals surface area contributed by atoms with E-state index in [0.717, 1.165) is 35.4 Å². The minimum Gasteiger partial charge on any atom is -0.354 e. The molecule has 0 amide bonds. The number of aromatic nitrogens is 4. The van der Waals surface area contributed by atoms with E-state index in [1.54, 1.807) is 24.0 Å². The quantitative estimate of drug-likeness (QED) is 0.500. The largest absolute Gasteiger partial charge is 0.354 e. The SMILES string of the molecule is CC(C)c1c(-c2cc(-c3cncnc3)c(=O)n(C)c2)[nH]c2ccc(C3CCNCC3)cc12. The van der Waals surface area contributed by atoms with Crippen molar-refractivity contribution in [2.75, 3.05) is 13.1 Å². The Balaban J connectivity index is 1.68. The van der Waals surface area contributed by atoms with Gasteiger partial charge in [0.15, 0.2) is 0 Å². The van der Waals surface area contributed by atoms with E-state index in [-0.39, 0.29) is 5.56 Å². The van der Waals surface area contributed by atoms with Gasteiger partial charge in [-0.2, -0.15) is 0 Å². The number of aryl methyl sites for hydroxylation is 1. The molecule has 1 fully saturated rings. The van der Waals surface area contributed by atoms with Gasteiger partial charge >= 0.3 is 0 Å². The van der Waals surface area contributed by atoms with Crippen LogP contribution in [0.4, 0.5) is 0 Å². The monoisotopic (exact) mass is 427 g/mol. The van der Waals surface area contributed by atoms with E-state index in [2.05, 4.69) is 52.3 Å². The fourth-order valence-corrected chi connectivity index (χ4v) is 4.96. The van der Waals surface area contributed by atoms with E-state index in [9.17, 15) is 4.79 Å². The van der Waals surface area contributed by atoms with Crippen LogP contribution in [0.3, 0.4) is 0 Å². The highest BCUT2D eigenvalue weighted by molar-refractivity contribution is 5.92. The Morgan fingerprint density at radius 1 is 1.06 bits per heavy atom. The molecule has 1 aliphatic rings. The highest BCUT2D eigenvalue weighted by Crippen LogP contribution is 2.38. The first-order valence-corrected chi connectivity index (χ1v) is 11.4. The number of hydrogen-bond donors (Lipinski definition) is 2. The molecule has 1 aromatic carbocycles. The fourth-order valence-electron chi connectivity index (χ4n) is 4.96. The first-order valence-electron chi connectivity index (χ1n) is 11.4. The molecular weight excluding hydrogens is 398 g/mol. The number of piperidine rings is 1. The summed E-state index contributed by atoms with van der Waals surface area (Å²) in [6.45, 7) is 6.64. The number of pyridine rings is 1. The minimum atomic E-state index is -0.0565. The molecule has 5 rings (SSSR count). The van der Waals surface area contributed by atoms with Gasteiger partial charge in [-0.1, -0.05) is 19.9 Å². The summed E-state index contributed by atoms with van der Waals surface area (Å²) < 4.78 is 1.65. The smallest absolute Gasteiger partial charge is 0.258 e. The van der Waals surface area contributed by atoms with Crippen molar-refractivity contribution in [3.05, 3.63) is 70.7 Å². The fraction of sp³-hybridized carbons (Fsp3) is 0.346. The van der Waals surface area contributed by atoms with Crippen molar-refractivity contribution in [2.24, 2.45) is 7.05 Å². The number of nitrogens with one attached hydrogen (secondary N) is 2. The normalized spacial score (nSPS) is 15.0. The van der Waals surface area contributed by atoms with Crippen LogP contribution in [-0.2, 0) is 7.05 Å². The highest BCUT2D eigenvalue weighted by atomic mass is 16.1. The summed E-state index contributed by atoms with van der Waals surface area (Å²) in [7, 11) is 1.80. The van der Waals surface area contributed by atoms with Gasteiger partial charge in [-0.05, 0) is 67.1 Å². The number of benzene rings is 1. The molecule has 164 valence electrons. The zero-order valence-corrected chi connectivity index (χ0v) is 18.9. The van der Waals surface area contributed by atoms with Crippen LogP contribution in [0.2, 0.25) is 0 Å². The molecule has 0 radical (unpaired) electrons. The van der Waals surface area contributed by atoms with Crippen molar-refractivity contribution in [2.45, 2.75) is 38.5 Å². The molecule has 1 saturated heterocycles. The molecule has 0 atom stereocenters. The molecule has 0 spiro atoms. The maximum absolute atomic E-state index is 12.9. The predicted molar refractivity (Wildman–Crippen MR) is 129 cm³/mol. The van der Waals surface area contributed by atoms with Crippen molar-refractivity contribution in [1.82, 2.24) is 24.8 Å². The van der Waals surface area contributed by atoms with E-state index < -0.39 is 0 Å². The van der Waals surface area contributed by atoms with Gasteiger partial charge in [0.05, 0.1) is 11.3 Å². The van der Waals surface area contributed by atoms with Gasteiger partial charge in [-0.25, -0.2) is 9.97 Å². The number of H-pyrrole nitrogens is 1. The lowest BCUT2D eigenvalue weighted by atomic mass is 9.88. The molecule has 3 aromatic heterocycles. The predicted octanol–water partition coefficient (Wildman–Crippen LogP) is 4.58. The summed E-state index contributed by atoms with van der Waals surface area (Å²) in [6, 6.07) is 8.84. The maximum atomic E-state index is 12.9. The molecule has 0 unspecified atom stereocenters. The van der Waals surface area contributed by atoms with Crippen LogP contribution in [0.5, 0.6) is 0 Å². The second-order valence-corrected chi connectivity index (χ2v) is 9.08. The second kappa shape index (κ2) is 8.36. The van der Waals surface area contributed by atoms with Crippen LogP contribution in [0.1, 0.15) is 49.7 Å². The molecular formula is C26H29N5O. The molecule has 0 saturated carbocycles. The zero-order valence-electron chi connectivity index (χ0n) is 18.9. The number of nitrogens with zero attached hydrogens (tertiary/aromatic N) is 3. The first kappa shape index (κ1) is 20.6. The average Bonchev–Trinajstić information content (AvgIpc) is 3.21. The Bertz CT molecular complexity index is 1310. The van der Waals surface area contributed by atoms with E-state index in [1.807, 2.05) is 12.3 Å². The Labute approximate surface area is 187 Å². The number of hydrogen-bond acceptors (Lipinski definition) is 4. The number of rotatable bonds is 4. The lowest BCUT2D eigenvalue weighted by Crippen LogP contribution is -2.26. The Morgan fingerprint density at radius 3 is 2.53 bits per heavy atom. The average molecular weight is 428 g/mol. The summed E-state index contributed by atoms with van der Waals surface area (Å²) in [5.41, 5.74) is 7.21. The van der Waals surface area contributed by atoms with Crippen LogP contribution in [0.15, 0.2) is 54.0 Å². The van der Waals surface area contributed by atoms with Gasteiger partial charge < -0.3 is 14.9 Å². The molecule has 6 nitrogen and oxygen atoms in total. The van der Waals surface area contributed by atoms with Crippen LogP contribution >= 0.6 is 0 Å². The summed E-state index contributed by atoms with van der Waals surface area (Å²) in [5, 5.41) is 4.74. The number of aromatic amines is 1. The lowest BCUT2D eigenvalue weighted by molar-refractivity contribution is 0.460. The van der Waals surface area contributed by atoms with E-state index >= 15 is 0 Å². The molecule has 0 bridgehead atoms. The summed E-state index contributed by atoms with van der Waals surface area (Å²) in [4.78, 5) is 24.7. The zero-order chi connectivity index (χ0) is 22.2. The van der Waals surface area contributed by atoms with Crippen LogP contribution in [0, 0.1) is 0 Å². The molecule has 2 N–H and O–H groups in total. The Morgan fingerprint density at radius 2 is 1.81 bits per heavy atom. The highest BCUT2D eigenvalue weighted by Gasteiger charge is 2.21. The van der Waals surface area contributed by atoms with Crippen LogP contribution < -0.4 is 10.9 Å². The van der Waals surface area contributed by atoms with E-state index in [0.29, 0.717) is 17.4 Å². The van der Waals surface area contributed by atoms with Crippen molar-refractivity contribution >= 4 is 10.9 Å². The van der Waals surface area contributed by atoms with Gasteiger partial charge in [0, 0.05) is 47.7 Å². The number of fused-ring (bicyclic) bond motifs is 1. The van der Waals surface area contributed by atoms with Crippen molar-refractivity contribution in [3.63, 3.8) is 0 Å². The molecule has 4 aromatic rings. The minimum absolute atomic E-state index is 0.0565. The second-order valence-electron chi connectivity index (χ2n) is 9.08. The lowest BCUT2D eigenvalue weighted by Gasteiger charge is -2.23. The topological polar surface area (TPSA) is 75.6 Å². The molecule has 1 aliphatic heterocycles. The van der Waals surface area contributed by atoms with E-state index in [4.69, 9.17) is 0 Å². The van der Waals surface area contributed by atoms with Gasteiger partial charge in [0.2, 0.25) is 0 Å². The summed E-state index contributed by atoms with van der Waals surface area (Å²) in [5.74, 6) is 0.948. The molecule has 32 heavy (non-hydrogen) atoms. The van der Waals surface area contributed by atoms with Gasteiger partial charge in [-0.3, -0.25) is 4.79 Å². The van der Waals surface area contributed by atoms with Crippen molar-refractivity contribution in [3.8, 4) is 22.4 Å². The van der Waals surface area contributed by atoms with Gasteiger partial charge in [0.25, 0.3) is 5.56 Å². The Kier molecular flexibility index (Phi) is 5.39. The van der Waals surface area contributed by atoms with Crippen LogP contribution in [-0.4, -0.2) is 32.6 Å². The summed E-state index contributed by atoms with van der Waals surface area (Å²) in [6.07, 6.45) is 9.14. The molecule has 6 heteroatoms. The van der Waals surface area contributed by atoms with Gasteiger partial charge in [0.1, 0.15) is 6.33 Å². The van der Waals surface area contributed by atoms with Crippen molar-refractivity contribution < 1.29 is 0 Å². The van der Waals surface area contributed by atoms with Crippen molar-refractivity contribution in [1.29, 1.82) is 0 Å². The third-order valence-corrected chi connectivity index (χ3v) is 6.59. The first-order chi connectivity index (χ1) is 15.5. The molecule has 4 heterocycles. The van der Waals surface area contributed by atoms with Gasteiger partial charge in [-0.15, -0.1) is 0 Å². The maximum Gasteiger partial charge on any atom is 0.258 e.